The summed E-state index contributed by atoms with van der Waals surface area (Å²) in [5.41, 5.74) is 4.52. The third kappa shape index (κ3) is 7.99. The lowest BCUT2D eigenvalue weighted by atomic mass is 9.98. The molecule has 3 aromatic rings. The number of ether oxygens (including phenoxy) is 1. The van der Waals surface area contributed by atoms with Gasteiger partial charge in [0.2, 0.25) is 0 Å². The van der Waals surface area contributed by atoms with Crippen molar-refractivity contribution in [2.45, 2.75) is 64.9 Å². The van der Waals surface area contributed by atoms with Crippen molar-refractivity contribution in [2.75, 3.05) is 6.61 Å². The van der Waals surface area contributed by atoms with Gasteiger partial charge >= 0.3 is 0 Å². The summed E-state index contributed by atoms with van der Waals surface area (Å²) in [6.45, 7) is 8.84. The van der Waals surface area contributed by atoms with Gasteiger partial charge in [0.25, 0.3) is 0 Å². The molecular weight excluding hydrogens is 450 g/mol. The molecule has 0 bridgehead atoms. The van der Waals surface area contributed by atoms with Gasteiger partial charge < -0.3 is 4.74 Å². The predicted molar refractivity (Wildman–Crippen MR) is 149 cm³/mol. The predicted octanol–water partition coefficient (Wildman–Crippen LogP) is 9.81. The van der Waals surface area contributed by atoms with Crippen molar-refractivity contribution >= 4 is 6.08 Å². The Morgan fingerprint density at radius 3 is 2.17 bits per heavy atom. The highest BCUT2D eigenvalue weighted by Crippen LogP contribution is 2.29. The van der Waals surface area contributed by atoms with Crippen LogP contribution in [0.2, 0.25) is 0 Å². The largest absolute Gasteiger partial charge is 0.379 e. The molecule has 0 N–H and O–H groups in total. The van der Waals surface area contributed by atoms with Crippen LogP contribution in [0, 0.1) is 11.6 Å². The summed E-state index contributed by atoms with van der Waals surface area (Å²) in [6.07, 6.45) is 13.5. The molecule has 0 saturated carbocycles. The Morgan fingerprint density at radius 2 is 1.50 bits per heavy atom. The molecule has 0 aromatic heterocycles. The minimum atomic E-state index is -0.813. The van der Waals surface area contributed by atoms with Crippen molar-refractivity contribution in [2.24, 2.45) is 0 Å². The Bertz CT molecular complexity index is 1110. The van der Waals surface area contributed by atoms with E-state index in [0.717, 1.165) is 49.0 Å². The van der Waals surface area contributed by atoms with Crippen LogP contribution in [0.1, 0.15) is 63.5 Å². The van der Waals surface area contributed by atoms with E-state index < -0.39 is 11.6 Å². The molecule has 3 rings (SSSR count). The van der Waals surface area contributed by atoms with E-state index in [1.807, 2.05) is 24.3 Å². The topological polar surface area (TPSA) is 9.23 Å². The Balaban J connectivity index is 1.52. The first-order chi connectivity index (χ1) is 17.5. The van der Waals surface area contributed by atoms with E-state index in [1.165, 1.54) is 12.8 Å². The van der Waals surface area contributed by atoms with Crippen LogP contribution in [0.15, 0.2) is 79.4 Å². The summed E-state index contributed by atoms with van der Waals surface area (Å²) >= 11 is 0. The van der Waals surface area contributed by atoms with Gasteiger partial charge in [0, 0.05) is 12.2 Å². The van der Waals surface area contributed by atoms with Crippen molar-refractivity contribution in [3.63, 3.8) is 0 Å². The molecule has 1 unspecified atom stereocenters. The zero-order valence-electron chi connectivity index (χ0n) is 21.6. The van der Waals surface area contributed by atoms with Gasteiger partial charge in [-0.3, -0.25) is 0 Å². The summed E-state index contributed by atoms with van der Waals surface area (Å²) in [5.74, 6) is -1.61. The third-order valence-corrected chi connectivity index (χ3v) is 6.41. The minimum Gasteiger partial charge on any atom is -0.379 e. The zero-order chi connectivity index (χ0) is 25.8. The second-order valence-corrected chi connectivity index (χ2v) is 9.31. The van der Waals surface area contributed by atoms with Gasteiger partial charge in [-0.15, -0.1) is 6.58 Å². The molecule has 3 heteroatoms. The summed E-state index contributed by atoms with van der Waals surface area (Å²) in [6, 6.07) is 19.2. The monoisotopic (exact) mass is 488 g/mol. The molecule has 0 saturated heterocycles. The lowest BCUT2D eigenvalue weighted by Crippen LogP contribution is -2.08. The van der Waals surface area contributed by atoms with Crippen LogP contribution >= 0.6 is 0 Å². The van der Waals surface area contributed by atoms with E-state index in [1.54, 1.807) is 18.2 Å². The van der Waals surface area contributed by atoms with Crippen LogP contribution in [0.5, 0.6) is 0 Å². The molecule has 0 radical (unpaired) electrons. The molecule has 0 aliphatic heterocycles. The lowest BCUT2D eigenvalue weighted by molar-refractivity contribution is 0.0566. The van der Waals surface area contributed by atoms with Crippen molar-refractivity contribution in [3.05, 3.63) is 102 Å². The number of hydrogen-bond acceptors (Lipinski definition) is 1. The molecule has 0 heterocycles. The van der Waals surface area contributed by atoms with E-state index in [-0.39, 0.29) is 5.56 Å². The van der Waals surface area contributed by atoms with Crippen LogP contribution < -0.4 is 0 Å². The number of unbranched alkanes of at least 4 members (excludes halogenated alkanes) is 3. The van der Waals surface area contributed by atoms with Crippen LogP contribution in [0.3, 0.4) is 0 Å². The normalized spacial score (nSPS) is 12.2. The quantitative estimate of drug-likeness (QED) is 0.162. The van der Waals surface area contributed by atoms with E-state index in [4.69, 9.17) is 4.74 Å². The standard InChI is InChI=1S/C33H38F2O/c1-4-6-10-24-36-25(3)12-8-7-9-13-26-14-16-27(17-15-26)28-18-20-29(21-19-28)31-23-22-30(11-5-2)32(34)33(31)35/h5,9,13-23,25H,2,4,6-8,10-12,24H2,1,3H3. The van der Waals surface area contributed by atoms with Gasteiger partial charge in [-0.25, -0.2) is 8.78 Å². The fourth-order valence-corrected chi connectivity index (χ4v) is 4.22. The Morgan fingerprint density at radius 1 is 0.833 bits per heavy atom. The average molecular weight is 489 g/mol. The molecule has 190 valence electrons. The van der Waals surface area contributed by atoms with Gasteiger partial charge in [-0.1, -0.05) is 98.7 Å². The Hall–Kier alpha value is -3.04. The maximum atomic E-state index is 14.6. The van der Waals surface area contributed by atoms with Gasteiger partial charge in [0.15, 0.2) is 11.6 Å². The minimum absolute atomic E-state index is 0.268. The Kier molecular flexibility index (Phi) is 11.1. The molecule has 0 aliphatic carbocycles. The highest BCUT2D eigenvalue weighted by molar-refractivity contribution is 5.71. The van der Waals surface area contributed by atoms with Crippen LogP contribution in [0.4, 0.5) is 8.78 Å². The number of halogens is 2. The summed E-state index contributed by atoms with van der Waals surface area (Å²) < 4.78 is 34.8. The second kappa shape index (κ2) is 14.5. The highest BCUT2D eigenvalue weighted by atomic mass is 19.2. The number of allylic oxidation sites excluding steroid dienone is 2. The van der Waals surface area contributed by atoms with E-state index in [2.05, 4.69) is 56.8 Å². The molecule has 1 nitrogen and oxygen atoms in total. The van der Waals surface area contributed by atoms with E-state index in [0.29, 0.717) is 23.7 Å². The fourth-order valence-electron chi connectivity index (χ4n) is 4.22. The van der Waals surface area contributed by atoms with Crippen molar-refractivity contribution in [3.8, 4) is 22.3 Å². The van der Waals surface area contributed by atoms with Crippen LogP contribution in [0.25, 0.3) is 28.3 Å². The van der Waals surface area contributed by atoms with Gasteiger partial charge in [-0.05, 0) is 66.8 Å². The Labute approximate surface area is 215 Å². The van der Waals surface area contributed by atoms with Gasteiger partial charge in [0.05, 0.1) is 6.10 Å². The van der Waals surface area contributed by atoms with Gasteiger partial charge in [0.1, 0.15) is 0 Å². The van der Waals surface area contributed by atoms with Crippen molar-refractivity contribution in [1.82, 2.24) is 0 Å². The molecular formula is C33H38F2O. The lowest BCUT2D eigenvalue weighted by Gasteiger charge is -2.12. The highest BCUT2D eigenvalue weighted by Gasteiger charge is 2.14. The summed E-state index contributed by atoms with van der Waals surface area (Å²) in [7, 11) is 0. The third-order valence-electron chi connectivity index (χ3n) is 6.41. The van der Waals surface area contributed by atoms with E-state index in [9.17, 15) is 8.78 Å². The molecule has 1 atom stereocenters. The molecule has 0 amide bonds. The first kappa shape index (κ1) is 27.5. The van der Waals surface area contributed by atoms with Crippen LogP contribution in [-0.4, -0.2) is 12.7 Å². The maximum Gasteiger partial charge on any atom is 0.166 e. The first-order valence-corrected chi connectivity index (χ1v) is 13.1. The van der Waals surface area contributed by atoms with Gasteiger partial charge in [-0.2, -0.15) is 0 Å². The summed E-state index contributed by atoms with van der Waals surface area (Å²) in [4.78, 5) is 0. The SMILES string of the molecule is C=CCc1ccc(-c2ccc(-c3ccc(C=CCCCC(C)OCCCCC)cc3)cc2)c(F)c1F. The number of benzene rings is 3. The smallest absolute Gasteiger partial charge is 0.166 e. The first-order valence-electron chi connectivity index (χ1n) is 13.1. The van der Waals surface area contributed by atoms with E-state index >= 15 is 0 Å². The van der Waals surface area contributed by atoms with Crippen LogP contribution in [-0.2, 0) is 11.2 Å². The van der Waals surface area contributed by atoms with Crippen molar-refractivity contribution < 1.29 is 13.5 Å². The average Bonchev–Trinajstić information content (AvgIpc) is 2.90. The molecule has 3 aromatic carbocycles. The zero-order valence-corrected chi connectivity index (χ0v) is 21.6. The molecule has 0 spiro atoms. The number of rotatable bonds is 14. The second-order valence-electron chi connectivity index (χ2n) is 9.31. The number of hydrogen-bond donors (Lipinski definition) is 0. The van der Waals surface area contributed by atoms with Crippen molar-refractivity contribution in [1.29, 1.82) is 0 Å². The molecule has 0 aliphatic rings. The maximum absolute atomic E-state index is 14.6. The molecule has 36 heavy (non-hydrogen) atoms. The fraction of sp³-hybridized carbons (Fsp3) is 0.333. The molecule has 0 fully saturated rings. The summed E-state index contributed by atoms with van der Waals surface area (Å²) in [5, 5.41) is 0.